The van der Waals surface area contributed by atoms with Crippen molar-refractivity contribution in [2.24, 2.45) is 0 Å². The Morgan fingerprint density at radius 3 is 2.68 bits per heavy atom. The van der Waals surface area contributed by atoms with Crippen LogP contribution < -0.4 is 5.32 Å². The maximum Gasteiger partial charge on any atom is 0.544 e. The second kappa shape index (κ2) is 12.1. The number of fused-ring (bicyclic) bond motifs is 1. The van der Waals surface area contributed by atoms with Crippen molar-refractivity contribution in [3.8, 4) is 17.2 Å². The standard InChI is InChI=1S/C28H30FN5O3S/c29-26-2-1-20(15-23(26)18-30)22-16-21-3-6-31-19-25(21)27(17-22)32-24-4-7-34(8-5-24)38(28(35)36)14-11-33-9-12-37-13-10-33/h1-3,6,15-17,19,24H,4-5,7-14H2,(H-,31,32,35,36)/p+1. The largest absolute Gasteiger partial charge is 0.544 e. The van der Waals surface area contributed by atoms with Crippen LogP contribution in [0.5, 0.6) is 0 Å². The highest BCUT2D eigenvalue weighted by Gasteiger charge is 2.40. The number of piperidine rings is 1. The van der Waals surface area contributed by atoms with E-state index in [-0.39, 0.29) is 11.6 Å². The first-order valence-corrected chi connectivity index (χ1v) is 14.2. The van der Waals surface area contributed by atoms with Crippen molar-refractivity contribution in [2.45, 2.75) is 18.9 Å². The molecule has 2 aromatic carbocycles. The van der Waals surface area contributed by atoms with Crippen LogP contribution in [-0.2, 0) is 15.8 Å². The number of nitrogens with one attached hydrogen (secondary N) is 1. The van der Waals surface area contributed by atoms with Gasteiger partial charge in [0.15, 0.2) is 16.8 Å². The predicted octanol–water partition coefficient (Wildman–Crippen LogP) is 4.33. The molecule has 0 bridgehead atoms. The summed E-state index contributed by atoms with van der Waals surface area (Å²) in [6.45, 7) is 5.36. The summed E-state index contributed by atoms with van der Waals surface area (Å²) in [7, 11) is 0. The van der Waals surface area contributed by atoms with Crippen molar-refractivity contribution in [3.63, 3.8) is 0 Å². The molecule has 2 N–H and O–H groups in total. The number of pyridine rings is 1. The molecule has 1 atom stereocenters. The molecule has 1 unspecified atom stereocenters. The quantitative estimate of drug-likeness (QED) is 0.430. The van der Waals surface area contributed by atoms with Crippen molar-refractivity contribution in [1.82, 2.24) is 14.2 Å². The van der Waals surface area contributed by atoms with Crippen LogP contribution in [0.25, 0.3) is 21.9 Å². The zero-order valence-corrected chi connectivity index (χ0v) is 21.9. The summed E-state index contributed by atoms with van der Waals surface area (Å²) in [5, 5.41) is 24.1. The van der Waals surface area contributed by atoms with Crippen LogP contribution in [-0.4, -0.2) is 82.3 Å². The molecule has 0 radical (unpaired) electrons. The Kier molecular flexibility index (Phi) is 8.39. The summed E-state index contributed by atoms with van der Waals surface area (Å²) in [4.78, 5) is 18.7. The first-order valence-electron chi connectivity index (χ1n) is 12.8. The number of nitrogens with zero attached hydrogens (tertiary/aromatic N) is 4. The maximum atomic E-state index is 13.9. The van der Waals surface area contributed by atoms with Crippen molar-refractivity contribution in [3.05, 3.63) is 60.2 Å². The third-order valence-corrected chi connectivity index (χ3v) is 9.17. The Bertz CT molecular complexity index is 1340. The molecule has 3 aromatic rings. The number of benzene rings is 2. The van der Waals surface area contributed by atoms with Gasteiger partial charge in [-0.05, 0) is 59.7 Å². The highest BCUT2D eigenvalue weighted by Crippen LogP contribution is 2.33. The number of rotatable bonds is 7. The number of aromatic nitrogens is 1. The average molecular weight is 537 g/mol. The predicted molar refractivity (Wildman–Crippen MR) is 148 cm³/mol. The van der Waals surface area contributed by atoms with Crippen LogP contribution in [0.2, 0.25) is 0 Å². The molecule has 2 aliphatic heterocycles. The molecule has 8 nitrogen and oxygen atoms in total. The molecule has 1 aromatic heterocycles. The third-order valence-electron chi connectivity index (χ3n) is 7.21. The number of hydrogen-bond acceptors (Lipinski definition) is 7. The third kappa shape index (κ3) is 6.08. The normalized spacial score (nSPS) is 18.2. The number of carboxylic acid groups (broad SMARTS) is 1. The number of carbonyl (C=O) groups is 1. The van der Waals surface area contributed by atoms with Crippen LogP contribution in [0.4, 0.5) is 14.9 Å². The number of anilines is 1. The van der Waals surface area contributed by atoms with Crippen LogP contribution >= 0.6 is 0 Å². The monoisotopic (exact) mass is 536 g/mol. The van der Waals surface area contributed by atoms with Gasteiger partial charge in [0.05, 0.1) is 18.8 Å². The van der Waals surface area contributed by atoms with Gasteiger partial charge < -0.3 is 15.2 Å². The zero-order chi connectivity index (χ0) is 26.5. The SMILES string of the molecule is N#Cc1cc(-c2cc(NC3CCN([S+](CCN4CCOCC4)C(=O)O)CC3)c3cnccc3c2)ccc1F. The van der Waals surface area contributed by atoms with E-state index in [0.717, 1.165) is 73.2 Å². The summed E-state index contributed by atoms with van der Waals surface area (Å²) in [5.41, 5.74) is 2.60. The van der Waals surface area contributed by atoms with Crippen molar-refractivity contribution in [1.29, 1.82) is 5.26 Å². The van der Waals surface area contributed by atoms with E-state index in [1.165, 1.54) is 6.07 Å². The molecular formula is C28H31FN5O3S+. The van der Waals surface area contributed by atoms with Crippen molar-refractivity contribution >= 4 is 32.8 Å². The Morgan fingerprint density at radius 2 is 1.95 bits per heavy atom. The van der Waals surface area contributed by atoms with E-state index in [1.807, 2.05) is 30.5 Å². The highest BCUT2D eigenvalue weighted by molar-refractivity contribution is 8.08. The first-order chi connectivity index (χ1) is 18.5. The fraction of sp³-hybridized carbons (Fsp3) is 0.393. The minimum atomic E-state index is -0.809. The molecule has 2 saturated heterocycles. The summed E-state index contributed by atoms with van der Waals surface area (Å²) in [6, 6.07) is 12.7. The van der Waals surface area contributed by atoms with E-state index >= 15 is 0 Å². The van der Waals surface area contributed by atoms with Crippen molar-refractivity contribution in [2.75, 3.05) is 57.0 Å². The summed E-state index contributed by atoms with van der Waals surface area (Å²) < 4.78 is 21.4. The molecule has 2 aliphatic rings. The Morgan fingerprint density at radius 1 is 1.16 bits per heavy atom. The van der Waals surface area contributed by atoms with Crippen LogP contribution in [0.1, 0.15) is 18.4 Å². The molecule has 5 rings (SSSR count). The van der Waals surface area contributed by atoms with Gasteiger partial charge in [0.25, 0.3) is 0 Å². The lowest BCUT2D eigenvalue weighted by atomic mass is 9.98. The topological polar surface area (TPSA) is 102 Å². The van der Waals surface area contributed by atoms with Crippen LogP contribution in [0.3, 0.4) is 0 Å². The molecule has 0 amide bonds. The second-order valence-electron chi connectivity index (χ2n) is 9.56. The van der Waals surface area contributed by atoms with Gasteiger partial charge in [-0.3, -0.25) is 9.88 Å². The van der Waals surface area contributed by atoms with E-state index in [9.17, 15) is 19.6 Å². The summed E-state index contributed by atoms with van der Waals surface area (Å²) >= 11 is -0.809. The van der Waals surface area contributed by atoms with Gasteiger partial charge in [-0.15, -0.1) is 4.31 Å². The number of hydrogen-bond donors (Lipinski definition) is 2. The highest BCUT2D eigenvalue weighted by atomic mass is 32.2. The van der Waals surface area contributed by atoms with Gasteiger partial charge >= 0.3 is 5.30 Å². The van der Waals surface area contributed by atoms with E-state index in [4.69, 9.17) is 4.74 Å². The molecule has 0 spiro atoms. The molecule has 3 heterocycles. The molecule has 0 aliphatic carbocycles. The van der Waals surface area contributed by atoms with Crippen LogP contribution in [0, 0.1) is 17.1 Å². The Balaban J connectivity index is 1.28. The van der Waals surface area contributed by atoms with Gasteiger partial charge in [-0.25, -0.2) is 4.39 Å². The lowest BCUT2D eigenvalue weighted by molar-refractivity contribution is 0.0408. The van der Waals surface area contributed by atoms with E-state index in [2.05, 4.69) is 19.5 Å². The van der Waals surface area contributed by atoms with Gasteiger partial charge in [0, 0.05) is 62.2 Å². The van der Waals surface area contributed by atoms with E-state index in [1.54, 1.807) is 18.3 Å². The zero-order valence-electron chi connectivity index (χ0n) is 21.1. The van der Waals surface area contributed by atoms with E-state index < -0.39 is 22.2 Å². The molecular weight excluding hydrogens is 505 g/mol. The average Bonchev–Trinajstić information content (AvgIpc) is 2.94. The molecule has 10 heteroatoms. The van der Waals surface area contributed by atoms with Crippen LogP contribution in [0.15, 0.2) is 48.8 Å². The first kappa shape index (κ1) is 26.4. The van der Waals surface area contributed by atoms with Gasteiger partial charge in [-0.1, -0.05) is 6.07 Å². The van der Waals surface area contributed by atoms with Crippen molar-refractivity contribution < 1.29 is 19.0 Å². The smallest absolute Gasteiger partial charge is 0.440 e. The molecule has 38 heavy (non-hydrogen) atoms. The molecule has 2 fully saturated rings. The fourth-order valence-corrected chi connectivity index (χ4v) is 6.82. The lowest BCUT2D eigenvalue weighted by Gasteiger charge is -2.31. The summed E-state index contributed by atoms with van der Waals surface area (Å²) in [6.07, 6.45) is 5.23. The number of halogens is 1. The summed E-state index contributed by atoms with van der Waals surface area (Å²) in [5.74, 6) is 0.102. The van der Waals surface area contributed by atoms with Gasteiger partial charge in [-0.2, -0.15) is 10.1 Å². The van der Waals surface area contributed by atoms with Gasteiger partial charge in [0.2, 0.25) is 0 Å². The Hall–Kier alpha value is -3.23. The number of ether oxygens (including phenoxy) is 1. The number of nitriles is 1. The second-order valence-corrected chi connectivity index (χ2v) is 11.6. The number of morpholine rings is 1. The molecule has 0 saturated carbocycles. The van der Waals surface area contributed by atoms with Gasteiger partial charge in [0.1, 0.15) is 11.9 Å². The minimum absolute atomic E-state index is 0.0154. The maximum absolute atomic E-state index is 13.9. The Labute approximate surface area is 224 Å². The minimum Gasteiger partial charge on any atom is -0.440 e. The molecule has 198 valence electrons. The van der Waals surface area contributed by atoms with E-state index in [0.29, 0.717) is 19.0 Å². The fourth-order valence-electron chi connectivity index (χ4n) is 5.08. The lowest BCUT2D eigenvalue weighted by Crippen LogP contribution is -2.48.